The smallest absolute Gasteiger partial charge is 0.258 e. The summed E-state index contributed by atoms with van der Waals surface area (Å²) in [4.78, 5) is 14.9. The first-order valence-corrected chi connectivity index (χ1v) is 8.48. The minimum atomic E-state index is 0.00389. The second kappa shape index (κ2) is 6.19. The first-order chi connectivity index (χ1) is 11.7. The highest BCUT2D eigenvalue weighted by atomic mass is 16.5. The summed E-state index contributed by atoms with van der Waals surface area (Å²) >= 11 is 0. The first kappa shape index (κ1) is 15.1. The van der Waals surface area contributed by atoms with Gasteiger partial charge in [0.2, 0.25) is 0 Å². The number of benzene rings is 2. The maximum Gasteiger partial charge on any atom is 0.258 e. The van der Waals surface area contributed by atoms with Crippen molar-refractivity contribution in [1.29, 1.82) is 0 Å². The first-order valence-electron chi connectivity index (χ1n) is 8.48. The highest BCUT2D eigenvalue weighted by Crippen LogP contribution is 2.31. The van der Waals surface area contributed by atoms with Gasteiger partial charge in [-0.2, -0.15) is 0 Å². The highest BCUT2D eigenvalue weighted by Gasteiger charge is 2.28. The van der Waals surface area contributed by atoms with Crippen LogP contribution in [0.4, 0.5) is 0 Å². The van der Waals surface area contributed by atoms with Crippen LogP contribution in [-0.4, -0.2) is 30.1 Å². The molecule has 2 aromatic carbocycles. The van der Waals surface area contributed by atoms with E-state index in [1.165, 1.54) is 5.56 Å². The van der Waals surface area contributed by atoms with Crippen LogP contribution >= 0.6 is 0 Å². The Hall–Kier alpha value is -2.49. The topological polar surface area (TPSA) is 38.8 Å². The molecule has 124 valence electrons. The number of fused-ring (bicyclic) bond motifs is 1. The SMILES string of the molecule is Cc1ccc2c(c1)CN(C(=O)c1ccccc1OC1CC1)CCO2. The molecule has 4 rings (SSSR count). The molecular weight excluding hydrogens is 302 g/mol. The van der Waals surface area contributed by atoms with E-state index in [-0.39, 0.29) is 12.0 Å². The average molecular weight is 323 g/mol. The van der Waals surface area contributed by atoms with E-state index in [4.69, 9.17) is 9.47 Å². The predicted octanol–water partition coefficient (Wildman–Crippen LogP) is 3.57. The molecule has 4 nitrogen and oxygen atoms in total. The van der Waals surface area contributed by atoms with Gasteiger partial charge in [-0.05, 0) is 38.0 Å². The van der Waals surface area contributed by atoms with Gasteiger partial charge in [0, 0.05) is 12.1 Å². The van der Waals surface area contributed by atoms with E-state index in [9.17, 15) is 4.79 Å². The summed E-state index contributed by atoms with van der Waals surface area (Å²) in [7, 11) is 0. The molecule has 4 heteroatoms. The van der Waals surface area contributed by atoms with E-state index in [2.05, 4.69) is 13.0 Å². The number of hydrogen-bond acceptors (Lipinski definition) is 3. The third kappa shape index (κ3) is 3.09. The fourth-order valence-electron chi connectivity index (χ4n) is 2.98. The maximum atomic E-state index is 13.1. The zero-order chi connectivity index (χ0) is 16.5. The molecule has 1 aliphatic carbocycles. The molecule has 24 heavy (non-hydrogen) atoms. The molecule has 1 heterocycles. The van der Waals surface area contributed by atoms with Crippen LogP contribution in [0.15, 0.2) is 42.5 Å². The number of carbonyl (C=O) groups is 1. The zero-order valence-electron chi connectivity index (χ0n) is 13.8. The normalized spacial score (nSPS) is 16.8. The summed E-state index contributed by atoms with van der Waals surface area (Å²) in [6.45, 7) is 3.70. The van der Waals surface area contributed by atoms with E-state index >= 15 is 0 Å². The Kier molecular flexibility index (Phi) is 3.89. The van der Waals surface area contributed by atoms with Crippen molar-refractivity contribution in [2.45, 2.75) is 32.4 Å². The lowest BCUT2D eigenvalue weighted by Gasteiger charge is -2.21. The van der Waals surface area contributed by atoms with Crippen LogP contribution in [0.2, 0.25) is 0 Å². The summed E-state index contributed by atoms with van der Waals surface area (Å²) in [5.74, 6) is 1.57. The van der Waals surface area contributed by atoms with E-state index < -0.39 is 0 Å². The van der Waals surface area contributed by atoms with Crippen LogP contribution in [0.5, 0.6) is 11.5 Å². The van der Waals surface area contributed by atoms with Gasteiger partial charge in [-0.3, -0.25) is 4.79 Å². The fraction of sp³-hybridized carbons (Fsp3) is 0.350. The lowest BCUT2D eigenvalue weighted by atomic mass is 10.1. The molecular formula is C20H21NO3. The van der Waals surface area contributed by atoms with Crippen LogP contribution in [0.1, 0.15) is 34.3 Å². The molecule has 2 aliphatic rings. The van der Waals surface area contributed by atoms with Crippen LogP contribution < -0.4 is 9.47 Å². The summed E-state index contributed by atoms with van der Waals surface area (Å²) in [6.07, 6.45) is 2.43. The largest absolute Gasteiger partial charge is 0.491 e. The van der Waals surface area contributed by atoms with E-state index in [0.717, 1.165) is 24.2 Å². The minimum absolute atomic E-state index is 0.00389. The maximum absolute atomic E-state index is 13.1. The molecule has 0 spiro atoms. The van der Waals surface area contributed by atoms with E-state index in [1.54, 1.807) is 0 Å². The van der Waals surface area contributed by atoms with E-state index in [0.29, 0.717) is 31.0 Å². The van der Waals surface area contributed by atoms with Gasteiger partial charge in [-0.1, -0.05) is 29.8 Å². The van der Waals surface area contributed by atoms with Crippen molar-refractivity contribution in [2.75, 3.05) is 13.2 Å². The summed E-state index contributed by atoms with van der Waals surface area (Å²) < 4.78 is 11.7. The van der Waals surface area contributed by atoms with Crippen molar-refractivity contribution < 1.29 is 14.3 Å². The van der Waals surface area contributed by atoms with Gasteiger partial charge in [-0.15, -0.1) is 0 Å². The predicted molar refractivity (Wildman–Crippen MR) is 91.5 cm³/mol. The van der Waals surface area contributed by atoms with Gasteiger partial charge in [0.05, 0.1) is 18.2 Å². The molecule has 0 saturated heterocycles. The number of hydrogen-bond donors (Lipinski definition) is 0. The molecule has 1 amide bonds. The lowest BCUT2D eigenvalue weighted by molar-refractivity contribution is 0.0728. The molecule has 1 aliphatic heterocycles. The molecule has 2 aromatic rings. The van der Waals surface area contributed by atoms with Crippen molar-refractivity contribution in [1.82, 2.24) is 4.90 Å². The number of carbonyl (C=O) groups excluding carboxylic acids is 1. The Bertz CT molecular complexity index is 767. The van der Waals surface area contributed by atoms with Crippen LogP contribution in [0.3, 0.4) is 0 Å². The fourth-order valence-corrected chi connectivity index (χ4v) is 2.98. The van der Waals surface area contributed by atoms with Gasteiger partial charge < -0.3 is 14.4 Å². The molecule has 1 fully saturated rings. The summed E-state index contributed by atoms with van der Waals surface area (Å²) in [6, 6.07) is 13.7. The molecule has 0 atom stereocenters. The van der Waals surface area contributed by atoms with Crippen LogP contribution in [0, 0.1) is 6.92 Å². The van der Waals surface area contributed by atoms with Crippen molar-refractivity contribution in [3.63, 3.8) is 0 Å². The number of rotatable bonds is 3. The number of ether oxygens (including phenoxy) is 2. The Morgan fingerprint density at radius 1 is 1.21 bits per heavy atom. The zero-order valence-corrected chi connectivity index (χ0v) is 13.8. The second-order valence-corrected chi connectivity index (χ2v) is 6.50. The second-order valence-electron chi connectivity index (χ2n) is 6.50. The third-order valence-corrected chi connectivity index (χ3v) is 4.42. The Balaban J connectivity index is 1.60. The number of nitrogens with zero attached hydrogens (tertiary/aromatic N) is 1. The molecule has 0 N–H and O–H groups in total. The van der Waals surface area contributed by atoms with Crippen molar-refractivity contribution in [2.24, 2.45) is 0 Å². The van der Waals surface area contributed by atoms with Gasteiger partial charge in [0.25, 0.3) is 5.91 Å². The third-order valence-electron chi connectivity index (χ3n) is 4.42. The van der Waals surface area contributed by atoms with Gasteiger partial charge in [0.15, 0.2) is 0 Å². The van der Waals surface area contributed by atoms with E-state index in [1.807, 2.05) is 41.3 Å². The monoisotopic (exact) mass is 323 g/mol. The summed E-state index contributed by atoms with van der Waals surface area (Å²) in [5.41, 5.74) is 2.87. The Labute approximate surface area is 142 Å². The lowest BCUT2D eigenvalue weighted by Crippen LogP contribution is -2.32. The van der Waals surface area contributed by atoms with Gasteiger partial charge >= 0.3 is 0 Å². The van der Waals surface area contributed by atoms with Crippen LogP contribution in [0.25, 0.3) is 0 Å². The van der Waals surface area contributed by atoms with Gasteiger partial charge in [-0.25, -0.2) is 0 Å². The molecule has 0 radical (unpaired) electrons. The van der Waals surface area contributed by atoms with Crippen molar-refractivity contribution in [3.8, 4) is 11.5 Å². The van der Waals surface area contributed by atoms with Gasteiger partial charge in [0.1, 0.15) is 18.1 Å². The highest BCUT2D eigenvalue weighted by molar-refractivity contribution is 5.97. The molecule has 1 saturated carbocycles. The Morgan fingerprint density at radius 2 is 2.04 bits per heavy atom. The minimum Gasteiger partial charge on any atom is -0.491 e. The van der Waals surface area contributed by atoms with Crippen LogP contribution in [-0.2, 0) is 6.54 Å². The molecule has 0 bridgehead atoms. The average Bonchev–Trinajstić information content (AvgIpc) is 3.41. The Morgan fingerprint density at radius 3 is 2.88 bits per heavy atom. The number of amides is 1. The van der Waals surface area contributed by atoms with Crippen molar-refractivity contribution >= 4 is 5.91 Å². The molecule has 0 aromatic heterocycles. The number of para-hydroxylation sites is 1. The summed E-state index contributed by atoms with van der Waals surface area (Å²) in [5, 5.41) is 0. The molecule has 0 unspecified atom stereocenters. The quantitative estimate of drug-likeness (QED) is 0.867. The number of aryl methyl sites for hydroxylation is 1. The van der Waals surface area contributed by atoms with Crippen molar-refractivity contribution in [3.05, 3.63) is 59.2 Å². The standard InChI is InChI=1S/C20H21NO3/c1-14-6-9-18-15(12-14)13-21(10-11-23-18)20(22)17-4-2-3-5-19(17)24-16-7-8-16/h2-6,9,12,16H,7-8,10-11,13H2,1H3.